The Morgan fingerprint density at radius 2 is 1.38 bits per heavy atom. The smallest absolute Gasteiger partial charge is 0.309 e. The largest absolute Gasteiger partial charge is 0.469 e. The minimum absolute atomic E-state index is 0.0685. The molecule has 0 aliphatic heterocycles. The van der Waals surface area contributed by atoms with Gasteiger partial charge >= 0.3 is 17.9 Å². The molecule has 5 atom stereocenters. The first-order valence-electron chi connectivity index (χ1n) is 7.32. The van der Waals surface area contributed by atoms with Crippen molar-refractivity contribution in [1.82, 2.24) is 0 Å². The highest BCUT2D eigenvalue weighted by atomic mass is 16.5. The predicted octanol–water partition coefficient (Wildman–Crippen LogP) is 1.32. The van der Waals surface area contributed by atoms with Gasteiger partial charge in [0, 0.05) is 18.8 Å². The van der Waals surface area contributed by atoms with Crippen LogP contribution in [-0.4, -0.2) is 38.2 Å². The molecule has 0 amide bonds. The second-order valence-corrected chi connectivity index (χ2v) is 5.83. The second-order valence-electron chi connectivity index (χ2n) is 5.83. The van der Waals surface area contributed by atoms with E-state index in [0.29, 0.717) is 6.42 Å². The zero-order valence-electron chi connectivity index (χ0n) is 12.7. The van der Waals surface area contributed by atoms with Gasteiger partial charge in [0.1, 0.15) is 6.10 Å². The Hall–Kier alpha value is -1.59. The van der Waals surface area contributed by atoms with Gasteiger partial charge in [-0.2, -0.15) is 0 Å². The van der Waals surface area contributed by atoms with E-state index in [4.69, 9.17) is 14.2 Å². The molecule has 2 aliphatic rings. The number of ether oxygens (including phenoxy) is 3. The number of hydrogen-bond acceptors (Lipinski definition) is 6. The first-order valence-corrected chi connectivity index (χ1v) is 7.32. The minimum atomic E-state index is -0.417. The van der Waals surface area contributed by atoms with Gasteiger partial charge in [-0.1, -0.05) is 6.42 Å². The van der Waals surface area contributed by atoms with E-state index in [0.717, 1.165) is 19.3 Å². The molecular weight excluding hydrogens is 276 g/mol. The summed E-state index contributed by atoms with van der Waals surface area (Å²) in [5.74, 6) is -2.04. The van der Waals surface area contributed by atoms with Gasteiger partial charge in [-0.15, -0.1) is 0 Å². The Balaban J connectivity index is 2.31. The van der Waals surface area contributed by atoms with Gasteiger partial charge in [0.2, 0.25) is 0 Å². The molecule has 2 rings (SSSR count). The van der Waals surface area contributed by atoms with Gasteiger partial charge in [-0.25, -0.2) is 0 Å². The highest BCUT2D eigenvalue weighted by molar-refractivity contribution is 5.77. The number of fused-ring (bicyclic) bond motifs is 2. The van der Waals surface area contributed by atoms with E-state index < -0.39 is 17.9 Å². The van der Waals surface area contributed by atoms with Crippen LogP contribution in [0.25, 0.3) is 0 Å². The quantitative estimate of drug-likeness (QED) is 0.577. The van der Waals surface area contributed by atoms with Crippen molar-refractivity contribution in [1.29, 1.82) is 0 Å². The van der Waals surface area contributed by atoms with Crippen molar-refractivity contribution in [3.8, 4) is 0 Å². The number of methoxy groups -OCH3 is 2. The molecule has 0 N–H and O–H groups in total. The summed E-state index contributed by atoms with van der Waals surface area (Å²) in [4.78, 5) is 35.5. The van der Waals surface area contributed by atoms with Crippen LogP contribution in [-0.2, 0) is 28.6 Å². The lowest BCUT2D eigenvalue weighted by atomic mass is 9.60. The number of esters is 3. The number of hydrogen-bond donors (Lipinski definition) is 0. The summed E-state index contributed by atoms with van der Waals surface area (Å²) >= 11 is 0. The van der Waals surface area contributed by atoms with Gasteiger partial charge in [-0.3, -0.25) is 14.4 Å². The van der Waals surface area contributed by atoms with Crippen molar-refractivity contribution >= 4 is 17.9 Å². The van der Waals surface area contributed by atoms with Crippen LogP contribution in [0, 0.1) is 23.7 Å². The van der Waals surface area contributed by atoms with Gasteiger partial charge in [0.15, 0.2) is 0 Å². The van der Waals surface area contributed by atoms with Crippen molar-refractivity contribution in [2.75, 3.05) is 14.2 Å². The highest BCUT2D eigenvalue weighted by Gasteiger charge is 2.53. The first-order chi connectivity index (χ1) is 9.99. The maximum atomic E-state index is 12.0. The fraction of sp³-hybridized carbons (Fsp3) is 0.800. The average molecular weight is 298 g/mol. The summed E-state index contributed by atoms with van der Waals surface area (Å²) in [6.07, 6.45) is 2.53. The molecule has 6 heteroatoms. The molecule has 0 spiro atoms. The van der Waals surface area contributed by atoms with E-state index in [2.05, 4.69) is 0 Å². The van der Waals surface area contributed by atoms with Crippen LogP contribution in [0.3, 0.4) is 0 Å². The third-order valence-corrected chi connectivity index (χ3v) is 4.77. The molecule has 0 aromatic rings. The van der Waals surface area contributed by atoms with Gasteiger partial charge in [0.25, 0.3) is 0 Å². The molecule has 0 aromatic heterocycles. The zero-order chi connectivity index (χ0) is 15.6. The molecule has 0 radical (unpaired) electrons. The van der Waals surface area contributed by atoms with Gasteiger partial charge in [0.05, 0.1) is 26.1 Å². The Labute approximate surface area is 124 Å². The molecule has 2 saturated carbocycles. The van der Waals surface area contributed by atoms with Crippen molar-refractivity contribution in [3.05, 3.63) is 0 Å². The van der Waals surface area contributed by atoms with E-state index in [9.17, 15) is 14.4 Å². The molecule has 118 valence electrons. The number of carbonyl (C=O) groups is 3. The maximum absolute atomic E-state index is 12.0. The van der Waals surface area contributed by atoms with Gasteiger partial charge in [-0.05, 0) is 19.3 Å². The molecule has 21 heavy (non-hydrogen) atoms. The van der Waals surface area contributed by atoms with Crippen LogP contribution in [0.5, 0.6) is 0 Å². The van der Waals surface area contributed by atoms with E-state index in [1.807, 2.05) is 0 Å². The molecule has 0 aromatic carbocycles. The lowest BCUT2D eigenvalue weighted by Crippen LogP contribution is -2.53. The van der Waals surface area contributed by atoms with E-state index >= 15 is 0 Å². The topological polar surface area (TPSA) is 78.9 Å². The monoisotopic (exact) mass is 298 g/mol. The Kier molecular flexibility index (Phi) is 4.85. The van der Waals surface area contributed by atoms with Crippen molar-refractivity contribution in [2.24, 2.45) is 23.7 Å². The molecule has 0 saturated heterocycles. The maximum Gasteiger partial charge on any atom is 0.309 e. The van der Waals surface area contributed by atoms with Crippen LogP contribution < -0.4 is 0 Å². The SMILES string of the molecule is COC(=O)[C@H]1C[C@@H](C(=O)OC)[C@@H]2CCC[C@H]1C2OC(C)=O. The molecule has 2 bridgehead atoms. The summed E-state index contributed by atoms with van der Waals surface area (Å²) in [5.41, 5.74) is 0. The first kappa shape index (κ1) is 15.8. The van der Waals surface area contributed by atoms with E-state index in [1.54, 1.807) is 0 Å². The lowest BCUT2D eigenvalue weighted by molar-refractivity contribution is -0.182. The summed E-state index contributed by atoms with van der Waals surface area (Å²) in [5, 5.41) is 0. The lowest BCUT2D eigenvalue weighted by Gasteiger charge is -2.47. The average Bonchev–Trinajstić information content (AvgIpc) is 2.45. The minimum Gasteiger partial charge on any atom is -0.469 e. The normalized spacial score (nSPS) is 34.7. The summed E-state index contributed by atoms with van der Waals surface area (Å²) < 4.78 is 15.2. The van der Waals surface area contributed by atoms with Crippen LogP contribution in [0.15, 0.2) is 0 Å². The molecule has 2 fully saturated rings. The summed E-state index contributed by atoms with van der Waals surface area (Å²) in [6, 6.07) is 0. The molecule has 2 aliphatic carbocycles. The van der Waals surface area contributed by atoms with E-state index in [1.165, 1.54) is 21.1 Å². The number of rotatable bonds is 3. The summed E-state index contributed by atoms with van der Waals surface area (Å²) in [7, 11) is 2.68. The number of carbonyl (C=O) groups excluding carboxylic acids is 3. The van der Waals surface area contributed by atoms with Crippen LogP contribution >= 0.6 is 0 Å². The third kappa shape index (κ3) is 3.04. The Bertz CT molecular complexity index is 402. The van der Waals surface area contributed by atoms with Crippen molar-refractivity contribution in [2.45, 2.75) is 38.7 Å². The molecule has 6 nitrogen and oxygen atoms in total. The fourth-order valence-electron chi connectivity index (χ4n) is 3.93. The molecule has 0 heterocycles. The van der Waals surface area contributed by atoms with Crippen LogP contribution in [0.2, 0.25) is 0 Å². The van der Waals surface area contributed by atoms with Crippen molar-refractivity contribution in [3.63, 3.8) is 0 Å². The zero-order valence-corrected chi connectivity index (χ0v) is 12.7. The Morgan fingerprint density at radius 3 is 1.76 bits per heavy atom. The molecular formula is C15H22O6. The fourth-order valence-corrected chi connectivity index (χ4v) is 3.93. The molecule has 1 unspecified atom stereocenters. The standard InChI is InChI=1S/C15H22O6/c1-8(16)21-13-9-5-4-6-10(13)12(15(18)20-3)7-11(9)14(17)19-2/h9-13H,4-7H2,1-3H3/t9-,10+,11+,12-,13?. The Morgan fingerprint density at radius 1 is 0.905 bits per heavy atom. The van der Waals surface area contributed by atoms with Crippen LogP contribution in [0.4, 0.5) is 0 Å². The second kappa shape index (κ2) is 6.45. The third-order valence-electron chi connectivity index (χ3n) is 4.77. The van der Waals surface area contributed by atoms with E-state index in [-0.39, 0.29) is 29.7 Å². The summed E-state index contributed by atoms with van der Waals surface area (Å²) in [6.45, 7) is 1.35. The van der Waals surface area contributed by atoms with Crippen molar-refractivity contribution < 1.29 is 28.6 Å². The van der Waals surface area contributed by atoms with Crippen LogP contribution in [0.1, 0.15) is 32.6 Å². The predicted molar refractivity (Wildman–Crippen MR) is 72.0 cm³/mol. The van der Waals surface area contributed by atoms with Gasteiger partial charge < -0.3 is 14.2 Å². The highest BCUT2D eigenvalue weighted by Crippen LogP contribution is 2.48.